The van der Waals surface area contributed by atoms with Crippen molar-refractivity contribution in [3.8, 4) is 5.75 Å². The minimum Gasteiger partial charge on any atom is -0.481 e. The SMILES string of the molecule is CCC(Oc1ccc(C)cc1)C(=O)NCc1ccc(CN2CCCCC2)cc1. The molecule has 4 heteroatoms. The molecule has 0 radical (unpaired) electrons. The first-order valence-corrected chi connectivity index (χ1v) is 10.5. The van der Waals surface area contributed by atoms with Crippen LogP contribution in [0.15, 0.2) is 48.5 Å². The zero-order valence-electron chi connectivity index (χ0n) is 17.1. The molecule has 0 bridgehead atoms. The monoisotopic (exact) mass is 380 g/mol. The second-order valence-electron chi connectivity index (χ2n) is 7.70. The van der Waals surface area contributed by atoms with Crippen LogP contribution in [0.3, 0.4) is 0 Å². The van der Waals surface area contributed by atoms with Gasteiger partial charge in [-0.2, -0.15) is 0 Å². The summed E-state index contributed by atoms with van der Waals surface area (Å²) < 4.78 is 5.85. The van der Waals surface area contributed by atoms with Crippen molar-refractivity contribution in [2.45, 2.75) is 58.7 Å². The van der Waals surface area contributed by atoms with E-state index in [0.29, 0.717) is 13.0 Å². The summed E-state index contributed by atoms with van der Waals surface area (Å²) in [5.41, 5.74) is 3.63. The predicted octanol–water partition coefficient (Wildman–Crippen LogP) is 4.45. The third-order valence-corrected chi connectivity index (χ3v) is 5.31. The van der Waals surface area contributed by atoms with Gasteiger partial charge in [0.25, 0.3) is 5.91 Å². The number of rotatable bonds is 8. The molecule has 1 aliphatic rings. The number of carbonyl (C=O) groups is 1. The highest BCUT2D eigenvalue weighted by Crippen LogP contribution is 2.16. The van der Waals surface area contributed by atoms with Crippen LogP contribution in [0.2, 0.25) is 0 Å². The van der Waals surface area contributed by atoms with Crippen molar-refractivity contribution in [3.05, 3.63) is 65.2 Å². The summed E-state index contributed by atoms with van der Waals surface area (Å²) >= 11 is 0. The van der Waals surface area contributed by atoms with E-state index in [-0.39, 0.29) is 5.91 Å². The molecule has 1 aliphatic heterocycles. The molecule has 1 heterocycles. The minimum absolute atomic E-state index is 0.0690. The van der Waals surface area contributed by atoms with E-state index in [1.54, 1.807) is 0 Å². The van der Waals surface area contributed by atoms with Gasteiger partial charge in [0.2, 0.25) is 0 Å². The van der Waals surface area contributed by atoms with Gasteiger partial charge < -0.3 is 10.1 Å². The van der Waals surface area contributed by atoms with Crippen LogP contribution >= 0.6 is 0 Å². The first-order valence-electron chi connectivity index (χ1n) is 10.5. The van der Waals surface area contributed by atoms with Gasteiger partial charge in [-0.15, -0.1) is 0 Å². The summed E-state index contributed by atoms with van der Waals surface area (Å²) in [5, 5.41) is 3.01. The molecule has 28 heavy (non-hydrogen) atoms. The smallest absolute Gasteiger partial charge is 0.261 e. The second-order valence-corrected chi connectivity index (χ2v) is 7.70. The van der Waals surface area contributed by atoms with Crippen LogP contribution in [-0.2, 0) is 17.9 Å². The van der Waals surface area contributed by atoms with Crippen molar-refractivity contribution < 1.29 is 9.53 Å². The van der Waals surface area contributed by atoms with Gasteiger partial charge in [-0.1, -0.05) is 55.3 Å². The predicted molar refractivity (Wildman–Crippen MR) is 113 cm³/mol. The Morgan fingerprint density at radius 3 is 2.29 bits per heavy atom. The number of nitrogens with one attached hydrogen (secondary N) is 1. The Morgan fingerprint density at radius 2 is 1.64 bits per heavy atom. The molecule has 150 valence electrons. The van der Waals surface area contributed by atoms with E-state index in [1.165, 1.54) is 43.5 Å². The molecule has 1 unspecified atom stereocenters. The Hall–Kier alpha value is -2.33. The fourth-order valence-corrected chi connectivity index (χ4v) is 3.54. The molecular formula is C24H32N2O2. The lowest BCUT2D eigenvalue weighted by Crippen LogP contribution is -2.37. The fraction of sp³-hybridized carbons (Fsp3) is 0.458. The first-order chi connectivity index (χ1) is 13.6. The average molecular weight is 381 g/mol. The summed E-state index contributed by atoms with van der Waals surface area (Å²) in [6.07, 6.45) is 4.15. The van der Waals surface area contributed by atoms with Crippen molar-refractivity contribution in [2.24, 2.45) is 0 Å². The second kappa shape index (κ2) is 10.3. The van der Waals surface area contributed by atoms with Crippen molar-refractivity contribution in [2.75, 3.05) is 13.1 Å². The number of amides is 1. The largest absolute Gasteiger partial charge is 0.481 e. The normalized spacial score (nSPS) is 15.8. The quantitative estimate of drug-likeness (QED) is 0.735. The molecule has 1 N–H and O–H groups in total. The van der Waals surface area contributed by atoms with Gasteiger partial charge in [0.15, 0.2) is 6.10 Å². The molecule has 0 saturated carbocycles. The maximum Gasteiger partial charge on any atom is 0.261 e. The Labute approximate surface area is 168 Å². The number of aryl methyl sites for hydroxylation is 1. The average Bonchev–Trinajstić information content (AvgIpc) is 2.73. The van der Waals surface area contributed by atoms with Gasteiger partial charge in [0, 0.05) is 13.1 Å². The number of nitrogens with zero attached hydrogens (tertiary/aromatic N) is 1. The molecule has 3 rings (SSSR count). The van der Waals surface area contributed by atoms with E-state index in [9.17, 15) is 4.79 Å². The molecule has 1 atom stereocenters. The van der Waals surface area contributed by atoms with E-state index < -0.39 is 6.10 Å². The Bertz CT molecular complexity index is 734. The highest BCUT2D eigenvalue weighted by Gasteiger charge is 2.18. The summed E-state index contributed by atoms with van der Waals surface area (Å²) in [5.74, 6) is 0.662. The number of piperidine rings is 1. The van der Waals surface area contributed by atoms with Gasteiger partial charge in [-0.05, 0) is 62.5 Å². The van der Waals surface area contributed by atoms with Gasteiger partial charge >= 0.3 is 0 Å². The van der Waals surface area contributed by atoms with Crippen LogP contribution in [0.1, 0.15) is 49.3 Å². The molecule has 2 aromatic carbocycles. The first kappa shape index (κ1) is 20.4. The van der Waals surface area contributed by atoms with E-state index in [2.05, 4.69) is 34.5 Å². The molecule has 1 amide bonds. The molecule has 0 spiro atoms. The topological polar surface area (TPSA) is 41.6 Å². The van der Waals surface area contributed by atoms with Crippen LogP contribution in [0.25, 0.3) is 0 Å². The lowest BCUT2D eigenvalue weighted by Gasteiger charge is -2.26. The third kappa shape index (κ3) is 6.10. The van der Waals surface area contributed by atoms with Crippen LogP contribution in [0, 0.1) is 6.92 Å². The lowest BCUT2D eigenvalue weighted by atomic mass is 10.1. The van der Waals surface area contributed by atoms with Crippen LogP contribution in [-0.4, -0.2) is 30.0 Å². The molecule has 2 aromatic rings. The van der Waals surface area contributed by atoms with Crippen molar-refractivity contribution >= 4 is 5.91 Å². The molecular weight excluding hydrogens is 348 g/mol. The van der Waals surface area contributed by atoms with Crippen molar-refractivity contribution in [1.82, 2.24) is 10.2 Å². The van der Waals surface area contributed by atoms with Gasteiger partial charge in [-0.25, -0.2) is 0 Å². The number of likely N-dealkylation sites (tertiary alicyclic amines) is 1. The van der Waals surface area contributed by atoms with E-state index in [1.807, 2.05) is 38.1 Å². The minimum atomic E-state index is -0.471. The Balaban J connectivity index is 1.47. The van der Waals surface area contributed by atoms with E-state index >= 15 is 0 Å². The summed E-state index contributed by atoms with van der Waals surface area (Å²) in [7, 11) is 0. The van der Waals surface area contributed by atoms with Crippen LogP contribution < -0.4 is 10.1 Å². The zero-order valence-corrected chi connectivity index (χ0v) is 17.1. The number of hydrogen-bond donors (Lipinski definition) is 1. The van der Waals surface area contributed by atoms with E-state index in [4.69, 9.17) is 4.74 Å². The van der Waals surface area contributed by atoms with Crippen LogP contribution in [0.5, 0.6) is 5.75 Å². The summed E-state index contributed by atoms with van der Waals surface area (Å²) in [6.45, 7) is 7.96. The highest BCUT2D eigenvalue weighted by molar-refractivity contribution is 5.81. The van der Waals surface area contributed by atoms with Gasteiger partial charge in [0.1, 0.15) is 5.75 Å². The molecule has 1 saturated heterocycles. The number of hydrogen-bond acceptors (Lipinski definition) is 3. The van der Waals surface area contributed by atoms with Crippen molar-refractivity contribution in [3.63, 3.8) is 0 Å². The third-order valence-electron chi connectivity index (χ3n) is 5.31. The Morgan fingerprint density at radius 1 is 1.00 bits per heavy atom. The molecule has 0 aromatic heterocycles. The maximum absolute atomic E-state index is 12.5. The number of ether oxygens (including phenoxy) is 1. The van der Waals surface area contributed by atoms with E-state index in [0.717, 1.165) is 17.9 Å². The number of benzene rings is 2. The standard InChI is InChI=1S/C24H32N2O2/c1-3-23(28-22-13-7-19(2)8-14-22)24(27)25-17-20-9-11-21(12-10-20)18-26-15-5-4-6-16-26/h7-14,23H,3-6,15-18H2,1-2H3,(H,25,27). The summed E-state index contributed by atoms with van der Waals surface area (Å²) in [6, 6.07) is 16.4. The lowest BCUT2D eigenvalue weighted by molar-refractivity contribution is -0.128. The number of carbonyl (C=O) groups excluding carboxylic acids is 1. The fourth-order valence-electron chi connectivity index (χ4n) is 3.54. The van der Waals surface area contributed by atoms with Gasteiger partial charge in [0.05, 0.1) is 0 Å². The zero-order chi connectivity index (χ0) is 19.8. The molecule has 0 aliphatic carbocycles. The maximum atomic E-state index is 12.5. The molecule has 1 fully saturated rings. The summed E-state index contributed by atoms with van der Waals surface area (Å²) in [4.78, 5) is 15.0. The molecule has 4 nitrogen and oxygen atoms in total. The van der Waals surface area contributed by atoms with Crippen LogP contribution in [0.4, 0.5) is 0 Å². The van der Waals surface area contributed by atoms with Gasteiger partial charge in [-0.3, -0.25) is 9.69 Å². The van der Waals surface area contributed by atoms with Crippen molar-refractivity contribution in [1.29, 1.82) is 0 Å². The Kier molecular flexibility index (Phi) is 7.49. The highest BCUT2D eigenvalue weighted by atomic mass is 16.5.